The maximum Gasteiger partial charge on any atom is 0.338 e. The third kappa shape index (κ3) is 5.18. The van der Waals surface area contributed by atoms with Gasteiger partial charge in [-0.05, 0) is 31.0 Å². The Morgan fingerprint density at radius 3 is 2.60 bits per heavy atom. The fourth-order valence-electron chi connectivity index (χ4n) is 1.95. The quantitative estimate of drug-likeness (QED) is 0.752. The van der Waals surface area contributed by atoms with Crippen molar-refractivity contribution in [2.24, 2.45) is 5.41 Å². The maximum atomic E-state index is 11.8. The molecule has 1 heterocycles. The number of carbonyl (C=O) groups excluding carboxylic acids is 1. The van der Waals surface area contributed by atoms with Crippen molar-refractivity contribution in [3.05, 3.63) is 17.0 Å². The van der Waals surface area contributed by atoms with Crippen molar-refractivity contribution in [1.29, 1.82) is 0 Å². The summed E-state index contributed by atoms with van der Waals surface area (Å²) in [6.45, 7) is 5.46. The largest absolute Gasteiger partial charge is 0.478 e. The number of hydrogen-bond donors (Lipinski definition) is 3. The second kappa shape index (κ2) is 6.71. The van der Waals surface area contributed by atoms with Crippen molar-refractivity contribution in [1.82, 2.24) is 10.2 Å². The topological polar surface area (TPSA) is 81.7 Å². The van der Waals surface area contributed by atoms with E-state index in [1.807, 2.05) is 14.1 Å². The number of anilines is 1. The number of carbonyl (C=O) groups is 2. The minimum atomic E-state index is -1.05. The third-order valence-corrected chi connectivity index (χ3v) is 3.42. The van der Waals surface area contributed by atoms with Crippen molar-refractivity contribution in [3.8, 4) is 0 Å². The van der Waals surface area contributed by atoms with E-state index in [0.717, 1.165) is 6.54 Å². The molecule has 7 heteroatoms. The first-order chi connectivity index (χ1) is 9.21. The van der Waals surface area contributed by atoms with Gasteiger partial charge in [0, 0.05) is 13.1 Å². The number of amides is 2. The van der Waals surface area contributed by atoms with Crippen LogP contribution in [0.1, 0.15) is 24.2 Å². The van der Waals surface area contributed by atoms with E-state index in [0.29, 0.717) is 11.5 Å². The van der Waals surface area contributed by atoms with E-state index in [1.165, 1.54) is 17.4 Å². The minimum absolute atomic E-state index is 0.0636. The Balaban J connectivity index is 2.52. The number of nitrogens with one attached hydrogen (secondary N) is 2. The van der Waals surface area contributed by atoms with Crippen LogP contribution in [-0.2, 0) is 0 Å². The second-order valence-corrected chi connectivity index (χ2v) is 6.59. The SMILES string of the molecule is CN(C)CC(C)(C)CNC(=O)Nc1sccc1C(=O)O. The summed E-state index contributed by atoms with van der Waals surface area (Å²) in [6, 6.07) is 1.08. The zero-order chi connectivity index (χ0) is 15.3. The molecule has 0 saturated carbocycles. The van der Waals surface area contributed by atoms with Gasteiger partial charge in [0.25, 0.3) is 0 Å². The summed E-state index contributed by atoms with van der Waals surface area (Å²) in [4.78, 5) is 24.8. The van der Waals surface area contributed by atoms with Crippen LogP contribution < -0.4 is 10.6 Å². The lowest BCUT2D eigenvalue weighted by Crippen LogP contribution is -2.41. The van der Waals surface area contributed by atoms with E-state index in [4.69, 9.17) is 5.11 Å². The van der Waals surface area contributed by atoms with Crippen LogP contribution in [0.25, 0.3) is 0 Å². The van der Waals surface area contributed by atoms with Gasteiger partial charge >= 0.3 is 12.0 Å². The van der Waals surface area contributed by atoms with Gasteiger partial charge in [-0.25, -0.2) is 9.59 Å². The Labute approximate surface area is 122 Å². The molecule has 0 saturated heterocycles. The summed E-state index contributed by atoms with van der Waals surface area (Å²) in [6.07, 6.45) is 0. The van der Waals surface area contributed by atoms with E-state index in [2.05, 4.69) is 29.4 Å². The summed E-state index contributed by atoms with van der Waals surface area (Å²) in [5.74, 6) is -1.05. The third-order valence-electron chi connectivity index (χ3n) is 2.59. The first kappa shape index (κ1) is 16.5. The van der Waals surface area contributed by atoms with Gasteiger partial charge in [-0.3, -0.25) is 5.32 Å². The molecule has 1 rings (SSSR count). The summed E-state index contributed by atoms with van der Waals surface area (Å²) < 4.78 is 0. The number of thiophene rings is 1. The number of urea groups is 1. The van der Waals surface area contributed by atoms with Gasteiger partial charge in [-0.15, -0.1) is 11.3 Å². The lowest BCUT2D eigenvalue weighted by Gasteiger charge is -2.28. The highest BCUT2D eigenvalue weighted by molar-refractivity contribution is 7.14. The number of hydrogen-bond acceptors (Lipinski definition) is 4. The van der Waals surface area contributed by atoms with Crippen LogP contribution in [0.15, 0.2) is 11.4 Å². The average Bonchev–Trinajstić information content (AvgIpc) is 2.73. The summed E-state index contributed by atoms with van der Waals surface area (Å²) in [7, 11) is 3.96. The van der Waals surface area contributed by atoms with Gasteiger partial charge in [-0.2, -0.15) is 0 Å². The van der Waals surface area contributed by atoms with Crippen LogP contribution in [0.2, 0.25) is 0 Å². The van der Waals surface area contributed by atoms with Crippen molar-refractivity contribution in [3.63, 3.8) is 0 Å². The van der Waals surface area contributed by atoms with Crippen molar-refractivity contribution < 1.29 is 14.7 Å². The van der Waals surface area contributed by atoms with Crippen LogP contribution in [0.3, 0.4) is 0 Å². The molecule has 0 spiro atoms. The highest BCUT2D eigenvalue weighted by atomic mass is 32.1. The fraction of sp³-hybridized carbons (Fsp3) is 0.538. The van der Waals surface area contributed by atoms with Crippen molar-refractivity contribution >= 4 is 28.3 Å². The molecule has 0 fully saturated rings. The van der Waals surface area contributed by atoms with E-state index < -0.39 is 5.97 Å². The van der Waals surface area contributed by atoms with Crippen LogP contribution >= 0.6 is 11.3 Å². The normalized spacial score (nSPS) is 11.4. The number of nitrogens with zero attached hydrogens (tertiary/aromatic N) is 1. The molecule has 0 unspecified atom stereocenters. The number of carboxylic acids is 1. The molecule has 6 nitrogen and oxygen atoms in total. The Hall–Kier alpha value is -1.60. The van der Waals surface area contributed by atoms with Gasteiger partial charge in [0.1, 0.15) is 5.00 Å². The molecule has 0 atom stereocenters. The smallest absolute Gasteiger partial charge is 0.338 e. The maximum absolute atomic E-state index is 11.8. The molecule has 0 radical (unpaired) electrons. The highest BCUT2D eigenvalue weighted by Crippen LogP contribution is 2.23. The molecule has 0 aliphatic rings. The molecule has 112 valence electrons. The molecule has 1 aromatic heterocycles. The summed E-state index contributed by atoms with van der Waals surface area (Å²) in [5, 5.41) is 16.3. The van der Waals surface area contributed by atoms with Crippen molar-refractivity contribution in [2.75, 3.05) is 32.5 Å². The fourth-order valence-corrected chi connectivity index (χ4v) is 2.73. The molecule has 0 bridgehead atoms. The molecular weight excluding hydrogens is 278 g/mol. The average molecular weight is 299 g/mol. The van der Waals surface area contributed by atoms with Gasteiger partial charge in [0.05, 0.1) is 5.56 Å². The summed E-state index contributed by atoms with van der Waals surface area (Å²) in [5.41, 5.74) is 0.0454. The minimum Gasteiger partial charge on any atom is -0.478 e. The van der Waals surface area contributed by atoms with Gasteiger partial charge in [0.15, 0.2) is 0 Å². The lowest BCUT2D eigenvalue weighted by atomic mass is 9.93. The van der Waals surface area contributed by atoms with E-state index >= 15 is 0 Å². The molecular formula is C13H21N3O3S. The zero-order valence-electron chi connectivity index (χ0n) is 12.2. The molecule has 0 aliphatic carbocycles. The predicted octanol–water partition coefficient (Wildman–Crippen LogP) is 2.16. The zero-order valence-corrected chi connectivity index (χ0v) is 13.0. The van der Waals surface area contributed by atoms with E-state index in [9.17, 15) is 9.59 Å². The van der Waals surface area contributed by atoms with Crippen LogP contribution in [0, 0.1) is 5.41 Å². The molecule has 0 aromatic carbocycles. The van der Waals surface area contributed by atoms with Gasteiger partial charge in [0.2, 0.25) is 0 Å². The Morgan fingerprint density at radius 2 is 2.05 bits per heavy atom. The van der Waals surface area contributed by atoms with Crippen LogP contribution in [0.5, 0.6) is 0 Å². The van der Waals surface area contributed by atoms with E-state index in [-0.39, 0.29) is 17.0 Å². The molecule has 20 heavy (non-hydrogen) atoms. The van der Waals surface area contributed by atoms with Crippen molar-refractivity contribution in [2.45, 2.75) is 13.8 Å². The lowest BCUT2D eigenvalue weighted by molar-refractivity contribution is 0.0698. The van der Waals surface area contributed by atoms with Gasteiger partial charge in [-0.1, -0.05) is 13.8 Å². The Bertz CT molecular complexity index is 483. The van der Waals surface area contributed by atoms with Crippen LogP contribution in [0.4, 0.5) is 9.80 Å². The monoisotopic (exact) mass is 299 g/mol. The summed E-state index contributed by atoms with van der Waals surface area (Å²) >= 11 is 1.19. The number of carboxylic acid groups (broad SMARTS) is 1. The number of rotatable bonds is 6. The Morgan fingerprint density at radius 1 is 1.40 bits per heavy atom. The molecule has 1 aromatic rings. The Kier molecular flexibility index (Phi) is 5.52. The molecule has 2 amide bonds. The highest BCUT2D eigenvalue weighted by Gasteiger charge is 2.20. The first-order valence-electron chi connectivity index (χ1n) is 6.22. The first-order valence-corrected chi connectivity index (χ1v) is 7.09. The molecule has 0 aliphatic heterocycles. The second-order valence-electron chi connectivity index (χ2n) is 5.68. The standard InChI is InChI=1S/C13H21N3O3S/c1-13(2,8-16(3)4)7-14-12(19)15-10-9(11(17)18)5-6-20-10/h5-6H,7-8H2,1-4H3,(H,17,18)(H2,14,15,19). The number of aromatic carboxylic acids is 1. The van der Waals surface area contributed by atoms with E-state index in [1.54, 1.807) is 5.38 Å². The predicted molar refractivity (Wildman–Crippen MR) is 80.6 cm³/mol. The van der Waals surface area contributed by atoms with Gasteiger partial charge < -0.3 is 15.3 Å². The molecule has 3 N–H and O–H groups in total. The van der Waals surface area contributed by atoms with Crippen LogP contribution in [-0.4, -0.2) is 49.2 Å².